The first kappa shape index (κ1) is 20.8. The van der Waals surface area contributed by atoms with Crippen LogP contribution in [0.3, 0.4) is 0 Å². The smallest absolute Gasteiger partial charge is 0.251 e. The molecule has 0 aliphatic rings. The highest BCUT2D eigenvalue weighted by molar-refractivity contribution is 7.89. The number of nitrogens with one attached hydrogen (secondary N) is 1. The second kappa shape index (κ2) is 8.18. The lowest BCUT2D eigenvalue weighted by Crippen LogP contribution is -2.23. The highest BCUT2D eigenvalue weighted by Crippen LogP contribution is 2.15. The third kappa shape index (κ3) is 4.55. The van der Waals surface area contributed by atoms with Gasteiger partial charge in [0.15, 0.2) is 0 Å². The lowest BCUT2D eigenvalue weighted by Gasteiger charge is -2.12. The van der Waals surface area contributed by atoms with E-state index in [0.29, 0.717) is 12.1 Å². The van der Waals surface area contributed by atoms with Gasteiger partial charge in [-0.05, 0) is 61.9 Å². The van der Waals surface area contributed by atoms with Crippen molar-refractivity contribution in [1.29, 1.82) is 0 Å². The van der Waals surface area contributed by atoms with E-state index in [2.05, 4.69) is 10.4 Å². The first-order valence-corrected chi connectivity index (χ1v) is 10.6. The number of aromatic nitrogens is 2. The Balaban J connectivity index is 1.64. The zero-order valence-corrected chi connectivity index (χ0v) is 17.7. The van der Waals surface area contributed by atoms with Crippen molar-refractivity contribution in [1.82, 2.24) is 19.4 Å². The molecule has 0 atom stereocenters. The van der Waals surface area contributed by atoms with Crippen LogP contribution in [0.1, 0.15) is 27.3 Å². The van der Waals surface area contributed by atoms with E-state index in [1.165, 1.54) is 18.4 Å². The topological polar surface area (TPSA) is 84.3 Å². The summed E-state index contributed by atoms with van der Waals surface area (Å²) >= 11 is 0. The first-order chi connectivity index (χ1) is 13.7. The third-order valence-corrected chi connectivity index (χ3v) is 6.37. The van der Waals surface area contributed by atoms with Crippen molar-refractivity contribution < 1.29 is 13.2 Å². The number of amides is 1. The molecule has 3 rings (SSSR count). The first-order valence-electron chi connectivity index (χ1n) is 9.12. The number of nitrogens with zero attached hydrogens (tertiary/aromatic N) is 3. The Bertz CT molecular complexity index is 1120. The van der Waals surface area contributed by atoms with Crippen LogP contribution in [-0.2, 0) is 16.6 Å². The quantitative estimate of drug-likeness (QED) is 0.675. The summed E-state index contributed by atoms with van der Waals surface area (Å²) in [6, 6.07) is 15.7. The normalized spacial score (nSPS) is 11.6. The van der Waals surface area contributed by atoms with Gasteiger partial charge in [-0.2, -0.15) is 5.10 Å². The van der Waals surface area contributed by atoms with Gasteiger partial charge in [0, 0.05) is 31.9 Å². The number of carbonyl (C=O) groups excluding carboxylic acids is 1. The predicted octanol–water partition coefficient (Wildman–Crippen LogP) is 2.67. The van der Waals surface area contributed by atoms with Crippen LogP contribution >= 0.6 is 0 Å². The standard InChI is InChI=1S/C21H24N4O3S/c1-15-13-16(2)25(23-15)19-9-7-18(8-10-19)21(26)22-14-17-5-11-20(12-6-17)29(27,28)24(3)4/h5-13H,14H2,1-4H3,(H,22,26). The number of hydrogen-bond acceptors (Lipinski definition) is 4. The molecule has 2 aromatic carbocycles. The SMILES string of the molecule is Cc1cc(C)n(-c2ccc(C(=O)NCc3ccc(S(=O)(=O)N(C)C)cc3)cc2)n1. The van der Waals surface area contributed by atoms with Crippen LogP contribution in [0, 0.1) is 13.8 Å². The highest BCUT2D eigenvalue weighted by Gasteiger charge is 2.16. The molecule has 0 unspecified atom stereocenters. The Kier molecular flexibility index (Phi) is 5.86. The predicted molar refractivity (Wildman–Crippen MR) is 112 cm³/mol. The Labute approximate surface area is 171 Å². The van der Waals surface area contributed by atoms with E-state index in [9.17, 15) is 13.2 Å². The van der Waals surface area contributed by atoms with Gasteiger partial charge in [-0.1, -0.05) is 12.1 Å². The molecular formula is C21H24N4O3S. The maximum Gasteiger partial charge on any atom is 0.251 e. The second-order valence-corrected chi connectivity index (χ2v) is 9.15. The molecule has 0 saturated carbocycles. The van der Waals surface area contributed by atoms with Crippen LogP contribution < -0.4 is 5.32 Å². The number of benzene rings is 2. The molecule has 7 nitrogen and oxygen atoms in total. The lowest BCUT2D eigenvalue weighted by atomic mass is 10.1. The van der Waals surface area contributed by atoms with Gasteiger partial charge in [0.1, 0.15) is 0 Å². The minimum atomic E-state index is -3.46. The molecule has 0 bridgehead atoms. The van der Waals surface area contributed by atoms with Gasteiger partial charge in [0.05, 0.1) is 16.3 Å². The van der Waals surface area contributed by atoms with Gasteiger partial charge < -0.3 is 5.32 Å². The maximum atomic E-state index is 12.4. The molecule has 1 N–H and O–H groups in total. The summed E-state index contributed by atoms with van der Waals surface area (Å²) in [7, 11) is -0.478. The molecule has 152 valence electrons. The van der Waals surface area contributed by atoms with E-state index >= 15 is 0 Å². The monoisotopic (exact) mass is 412 g/mol. The Morgan fingerprint density at radius 3 is 2.17 bits per heavy atom. The number of sulfonamides is 1. The summed E-state index contributed by atoms with van der Waals surface area (Å²) in [5.74, 6) is -0.199. The van der Waals surface area contributed by atoms with Crippen LogP contribution in [0.2, 0.25) is 0 Å². The van der Waals surface area contributed by atoms with Crippen molar-refractivity contribution >= 4 is 15.9 Å². The van der Waals surface area contributed by atoms with Crippen molar-refractivity contribution in [3.8, 4) is 5.69 Å². The molecule has 0 saturated heterocycles. The Hall–Kier alpha value is -2.97. The lowest BCUT2D eigenvalue weighted by molar-refractivity contribution is 0.0951. The summed E-state index contributed by atoms with van der Waals surface area (Å²) in [6.45, 7) is 4.23. The highest BCUT2D eigenvalue weighted by atomic mass is 32.2. The largest absolute Gasteiger partial charge is 0.348 e. The second-order valence-electron chi connectivity index (χ2n) is 7.00. The number of aryl methyl sites for hydroxylation is 2. The molecule has 0 fully saturated rings. The zero-order chi connectivity index (χ0) is 21.2. The van der Waals surface area contributed by atoms with Gasteiger partial charge >= 0.3 is 0 Å². The average molecular weight is 413 g/mol. The summed E-state index contributed by atoms with van der Waals surface area (Å²) in [4.78, 5) is 12.6. The van der Waals surface area contributed by atoms with E-state index in [4.69, 9.17) is 0 Å². The van der Waals surface area contributed by atoms with E-state index < -0.39 is 10.0 Å². The summed E-state index contributed by atoms with van der Waals surface area (Å²) in [5, 5.41) is 7.29. The zero-order valence-electron chi connectivity index (χ0n) is 16.9. The van der Waals surface area contributed by atoms with Crippen LogP contribution in [0.4, 0.5) is 0 Å². The fourth-order valence-electron chi connectivity index (χ4n) is 2.92. The van der Waals surface area contributed by atoms with Gasteiger partial charge in [-0.15, -0.1) is 0 Å². The molecular weight excluding hydrogens is 388 g/mol. The number of rotatable bonds is 6. The van der Waals surface area contributed by atoms with Gasteiger partial charge in [0.25, 0.3) is 5.91 Å². The maximum absolute atomic E-state index is 12.4. The van der Waals surface area contributed by atoms with Crippen molar-refractivity contribution in [3.63, 3.8) is 0 Å². The Morgan fingerprint density at radius 1 is 1.03 bits per heavy atom. The Morgan fingerprint density at radius 2 is 1.66 bits per heavy atom. The van der Waals surface area contributed by atoms with E-state index in [-0.39, 0.29) is 10.8 Å². The van der Waals surface area contributed by atoms with E-state index in [1.807, 2.05) is 36.7 Å². The number of hydrogen-bond donors (Lipinski definition) is 1. The van der Waals surface area contributed by atoms with Crippen molar-refractivity contribution in [2.45, 2.75) is 25.3 Å². The number of carbonyl (C=O) groups is 1. The van der Waals surface area contributed by atoms with Crippen LogP contribution in [0.5, 0.6) is 0 Å². The molecule has 0 aliphatic heterocycles. The summed E-state index contributed by atoms with van der Waals surface area (Å²) in [6.07, 6.45) is 0. The van der Waals surface area contributed by atoms with E-state index in [1.54, 1.807) is 36.4 Å². The van der Waals surface area contributed by atoms with Crippen molar-refractivity contribution in [2.75, 3.05) is 14.1 Å². The summed E-state index contributed by atoms with van der Waals surface area (Å²) < 4.78 is 27.2. The molecule has 3 aromatic rings. The molecule has 0 aliphatic carbocycles. The molecule has 0 radical (unpaired) electrons. The van der Waals surface area contributed by atoms with Crippen LogP contribution in [0.25, 0.3) is 5.69 Å². The fourth-order valence-corrected chi connectivity index (χ4v) is 3.82. The van der Waals surface area contributed by atoms with Crippen LogP contribution in [0.15, 0.2) is 59.5 Å². The third-order valence-electron chi connectivity index (χ3n) is 4.54. The minimum Gasteiger partial charge on any atom is -0.348 e. The van der Waals surface area contributed by atoms with Gasteiger partial charge in [-0.25, -0.2) is 17.4 Å². The van der Waals surface area contributed by atoms with Crippen molar-refractivity contribution in [2.24, 2.45) is 0 Å². The molecule has 1 aromatic heterocycles. The summed E-state index contributed by atoms with van der Waals surface area (Å²) in [5.41, 5.74) is 4.22. The average Bonchev–Trinajstić information content (AvgIpc) is 3.04. The van der Waals surface area contributed by atoms with Crippen molar-refractivity contribution in [3.05, 3.63) is 77.1 Å². The fraction of sp³-hybridized carbons (Fsp3) is 0.238. The molecule has 29 heavy (non-hydrogen) atoms. The molecule has 0 spiro atoms. The molecule has 1 amide bonds. The van der Waals surface area contributed by atoms with Gasteiger partial charge in [-0.3, -0.25) is 4.79 Å². The molecule has 1 heterocycles. The minimum absolute atomic E-state index is 0.199. The van der Waals surface area contributed by atoms with Crippen LogP contribution in [-0.4, -0.2) is 42.5 Å². The van der Waals surface area contributed by atoms with E-state index in [0.717, 1.165) is 22.6 Å². The molecule has 8 heteroatoms. The van der Waals surface area contributed by atoms with Gasteiger partial charge in [0.2, 0.25) is 10.0 Å².